The zero-order chi connectivity index (χ0) is 12.9. The third-order valence-corrected chi connectivity index (χ3v) is 2.28. The Morgan fingerprint density at radius 1 is 1.00 bits per heavy atom. The van der Waals surface area contributed by atoms with Crippen molar-refractivity contribution in [3.8, 4) is 0 Å². The average molecular weight is 420 g/mol. The number of alkyl halides is 3. The van der Waals surface area contributed by atoms with Crippen LogP contribution >= 0.6 is 0 Å². The second-order valence-corrected chi connectivity index (χ2v) is 4.01. The minimum absolute atomic E-state index is 0.581. The van der Waals surface area contributed by atoms with Crippen LogP contribution in [0.1, 0.15) is 11.1 Å². The first kappa shape index (κ1) is 13.8. The molecule has 1 heterocycles. The topological polar surface area (TPSA) is 24.7 Å². The van der Waals surface area contributed by atoms with Gasteiger partial charge in [-0.3, -0.25) is 0 Å². The van der Waals surface area contributed by atoms with Crippen molar-refractivity contribution in [3.05, 3.63) is 42.3 Å². The van der Waals surface area contributed by atoms with E-state index in [4.69, 9.17) is 0 Å². The van der Waals surface area contributed by atoms with Gasteiger partial charge in [-0.1, -0.05) is 0 Å². The van der Waals surface area contributed by atoms with Gasteiger partial charge >= 0.3 is 52.1 Å². The molecule has 1 aliphatic rings. The van der Waals surface area contributed by atoms with E-state index in [1.54, 1.807) is 12.4 Å². The first-order valence-corrected chi connectivity index (χ1v) is 5.58. The average Bonchev–Trinajstić information content (AvgIpc) is 2.69. The van der Waals surface area contributed by atoms with E-state index in [1.165, 1.54) is 12.1 Å². The fourth-order valence-corrected chi connectivity index (χ4v) is 1.25. The molecule has 6 heteroatoms. The van der Waals surface area contributed by atoms with Crippen LogP contribution in [0.15, 0.2) is 34.3 Å². The summed E-state index contributed by atoms with van der Waals surface area (Å²) in [5, 5.41) is 0. The summed E-state index contributed by atoms with van der Waals surface area (Å²) in [4.78, 5) is 7.59. The van der Waals surface area contributed by atoms with Crippen molar-refractivity contribution in [3.63, 3.8) is 0 Å². The van der Waals surface area contributed by atoms with Crippen molar-refractivity contribution in [2.24, 2.45) is 9.98 Å². The van der Waals surface area contributed by atoms with E-state index in [0.29, 0.717) is 5.56 Å². The standard InChI is InChI=1S/C8H6F3.C3H2N2.Pt/c1-6-2-4-7(5-3-6)8(9,10)11;1-2-5-3-4-1;/h2-5H,1H2;1-2H;/q-1;;. The summed E-state index contributed by atoms with van der Waals surface area (Å²) in [5.41, 5.74) is -0.0529. The first-order chi connectivity index (χ1) is 7.89. The van der Waals surface area contributed by atoms with Gasteiger partial charge in [0.1, 0.15) is 0 Å². The maximum atomic E-state index is 11.9. The predicted octanol–water partition coefficient (Wildman–Crippen LogP) is 2.66. The van der Waals surface area contributed by atoms with E-state index < -0.39 is 11.7 Å². The van der Waals surface area contributed by atoms with E-state index in [1.807, 2.05) is 19.4 Å². The van der Waals surface area contributed by atoms with Crippen LogP contribution in [0.2, 0.25) is 0 Å². The van der Waals surface area contributed by atoms with Crippen LogP contribution in [0, 0.1) is 6.92 Å². The molecular formula is C11H8F3N2Pt-. The SMILES string of the molecule is [CH2-]c1ccc(C(F)(F)F)cc1.[Pt]=[C]1N=CC=N1. The molecule has 0 saturated carbocycles. The summed E-state index contributed by atoms with van der Waals surface area (Å²) in [6.45, 7) is 3.48. The Morgan fingerprint density at radius 3 is 1.76 bits per heavy atom. The number of aliphatic imine (C=N–C) groups is 2. The second-order valence-electron chi connectivity index (χ2n) is 2.99. The summed E-state index contributed by atoms with van der Waals surface area (Å²) >= 11 is 2.04. The number of rotatable bonds is 0. The molecule has 0 aliphatic carbocycles. The molecular weight excluding hydrogens is 412 g/mol. The summed E-state index contributed by atoms with van der Waals surface area (Å²) in [6, 6.07) is 4.70. The normalized spacial score (nSPS) is 13.6. The van der Waals surface area contributed by atoms with Crippen LogP contribution in [0.25, 0.3) is 0 Å². The molecule has 0 fully saturated rings. The Morgan fingerprint density at radius 2 is 1.47 bits per heavy atom. The predicted molar refractivity (Wildman–Crippen MR) is 57.9 cm³/mol. The molecule has 0 saturated heterocycles. The van der Waals surface area contributed by atoms with Gasteiger partial charge in [-0.05, 0) is 0 Å². The summed E-state index contributed by atoms with van der Waals surface area (Å²) < 4.78 is 36.5. The van der Waals surface area contributed by atoms with Gasteiger partial charge in [-0.2, -0.15) is 37.8 Å². The van der Waals surface area contributed by atoms with Crippen molar-refractivity contribution >= 4 is 16.6 Å². The van der Waals surface area contributed by atoms with Crippen molar-refractivity contribution < 1.29 is 32.5 Å². The third kappa shape index (κ3) is 5.09. The van der Waals surface area contributed by atoms with Crippen LogP contribution in [-0.2, 0) is 25.5 Å². The van der Waals surface area contributed by atoms with Gasteiger partial charge in [0.05, 0.1) is 0 Å². The molecule has 2 rings (SSSR count). The van der Waals surface area contributed by atoms with Crippen LogP contribution in [-0.4, -0.2) is 16.6 Å². The summed E-state index contributed by atoms with van der Waals surface area (Å²) in [5.74, 6) is 0. The van der Waals surface area contributed by atoms with Gasteiger partial charge in [0.15, 0.2) is 0 Å². The Balaban J connectivity index is 0.000000202. The van der Waals surface area contributed by atoms with Crippen molar-refractivity contribution in [2.75, 3.05) is 0 Å². The second kappa shape index (κ2) is 5.92. The molecule has 0 N–H and O–H groups in total. The molecule has 0 aromatic heterocycles. The zero-order valence-electron chi connectivity index (χ0n) is 8.52. The van der Waals surface area contributed by atoms with Crippen molar-refractivity contribution in [2.45, 2.75) is 6.18 Å². The van der Waals surface area contributed by atoms with E-state index in [2.05, 4.69) is 16.9 Å². The number of nitrogens with zero attached hydrogens (tertiary/aromatic N) is 2. The molecule has 1 aromatic carbocycles. The van der Waals surface area contributed by atoms with Crippen LogP contribution in [0.4, 0.5) is 13.2 Å². The maximum absolute atomic E-state index is 11.9. The third-order valence-electron chi connectivity index (χ3n) is 1.69. The number of hydrogen-bond donors (Lipinski definition) is 0. The first-order valence-electron chi connectivity index (χ1n) is 4.45. The van der Waals surface area contributed by atoms with E-state index in [0.717, 1.165) is 16.3 Å². The molecule has 0 spiro atoms. The van der Waals surface area contributed by atoms with E-state index >= 15 is 0 Å². The van der Waals surface area contributed by atoms with Crippen LogP contribution in [0.5, 0.6) is 0 Å². The molecule has 0 radical (unpaired) electrons. The molecule has 0 atom stereocenters. The molecule has 0 bridgehead atoms. The van der Waals surface area contributed by atoms with Crippen molar-refractivity contribution in [1.82, 2.24) is 0 Å². The Kier molecular flexibility index (Phi) is 4.82. The Bertz CT molecular complexity index is 433. The zero-order valence-corrected chi connectivity index (χ0v) is 10.8. The monoisotopic (exact) mass is 420 g/mol. The summed E-state index contributed by atoms with van der Waals surface area (Å²) in [6.07, 6.45) is -0.904. The van der Waals surface area contributed by atoms with E-state index in [-0.39, 0.29) is 0 Å². The Hall–Kier alpha value is -1.22. The quantitative estimate of drug-likeness (QED) is 0.577. The molecule has 0 unspecified atom stereocenters. The van der Waals surface area contributed by atoms with Crippen molar-refractivity contribution in [1.29, 1.82) is 0 Å². The van der Waals surface area contributed by atoms with Gasteiger partial charge in [-0.25, -0.2) is 0 Å². The molecule has 94 valence electrons. The van der Waals surface area contributed by atoms with Crippen LogP contribution in [0.3, 0.4) is 0 Å². The number of hydrogen-bond acceptors (Lipinski definition) is 2. The molecule has 1 aliphatic heterocycles. The Labute approximate surface area is 108 Å². The van der Waals surface area contributed by atoms with E-state index in [9.17, 15) is 13.2 Å². The van der Waals surface area contributed by atoms with Gasteiger partial charge < -0.3 is 0 Å². The number of benzene rings is 1. The van der Waals surface area contributed by atoms with Gasteiger partial charge in [0.25, 0.3) is 0 Å². The van der Waals surface area contributed by atoms with Gasteiger partial charge in [-0.15, -0.1) is 12.1 Å². The fraction of sp³-hybridized carbons (Fsp3) is 0.0909. The van der Waals surface area contributed by atoms with Crippen LogP contribution < -0.4 is 0 Å². The number of halogens is 3. The summed E-state index contributed by atoms with van der Waals surface area (Å²) in [7, 11) is 0. The molecule has 1 aromatic rings. The van der Waals surface area contributed by atoms with Gasteiger partial charge in [0.2, 0.25) is 0 Å². The molecule has 17 heavy (non-hydrogen) atoms. The van der Waals surface area contributed by atoms with Gasteiger partial charge in [0, 0.05) is 5.56 Å². The molecule has 0 amide bonds. The minimum atomic E-state index is -4.24. The fourth-order valence-electron chi connectivity index (χ4n) is 0.908. The molecule has 2 nitrogen and oxygen atoms in total.